The number of hydrogen-bond donors (Lipinski definition) is 0. The molecule has 3 fully saturated rings. The summed E-state index contributed by atoms with van der Waals surface area (Å²) in [6.07, 6.45) is 4.18. The molecule has 0 aromatic rings. The van der Waals surface area contributed by atoms with Gasteiger partial charge in [0.15, 0.2) is 0 Å². The quantitative estimate of drug-likeness (QED) is 0.318. The first-order chi connectivity index (χ1) is 4.92. The number of hydrogen-bond acceptors (Lipinski definition) is 1. The van der Waals surface area contributed by atoms with Gasteiger partial charge in [0.05, 0.1) is 0 Å². The Morgan fingerprint density at radius 3 is 2.60 bits per heavy atom. The lowest BCUT2D eigenvalue weighted by Crippen LogP contribution is -2.29. The summed E-state index contributed by atoms with van der Waals surface area (Å²) in [6.45, 7) is 0.756. The molecule has 3 saturated carbocycles. The fourth-order valence-corrected chi connectivity index (χ4v) is 2.45. The first-order valence-electron chi connectivity index (χ1n) is 3.92. The van der Waals surface area contributed by atoms with E-state index in [-0.39, 0.29) is 0 Å². The summed E-state index contributed by atoms with van der Waals surface area (Å²) in [5, 5.41) is 3.62. The van der Waals surface area contributed by atoms with Crippen molar-refractivity contribution in [1.82, 2.24) is 0 Å². The lowest BCUT2D eigenvalue weighted by Gasteiger charge is -2.34. The highest BCUT2D eigenvalue weighted by molar-refractivity contribution is 4.96. The topological polar surface area (TPSA) is 48.8 Å². The Labute approximate surface area is 60.1 Å². The van der Waals surface area contributed by atoms with Crippen LogP contribution in [0.3, 0.4) is 0 Å². The molecule has 0 aromatic carbocycles. The Morgan fingerprint density at radius 2 is 2.10 bits per heavy atom. The molecule has 54 valence electrons. The Hall–Kier alpha value is -0.690. The first kappa shape index (κ1) is 6.05. The molecule has 2 bridgehead atoms. The lowest BCUT2D eigenvalue weighted by molar-refractivity contribution is 0.166. The van der Waals surface area contributed by atoms with Crippen molar-refractivity contribution in [2.75, 3.05) is 6.54 Å². The molecule has 3 aliphatic rings. The molecule has 3 aliphatic carbocycles. The van der Waals surface area contributed by atoms with Crippen LogP contribution < -0.4 is 0 Å². The van der Waals surface area contributed by atoms with Gasteiger partial charge in [0.1, 0.15) is 0 Å². The zero-order valence-electron chi connectivity index (χ0n) is 5.90. The van der Waals surface area contributed by atoms with Crippen LogP contribution in [0.25, 0.3) is 10.4 Å². The van der Waals surface area contributed by atoms with E-state index in [1.807, 2.05) is 0 Å². The molecule has 0 amide bonds. The molecule has 0 N–H and O–H groups in total. The Kier molecular flexibility index (Phi) is 1.31. The molecule has 3 rings (SSSR count). The van der Waals surface area contributed by atoms with E-state index in [9.17, 15) is 0 Å². The van der Waals surface area contributed by atoms with Gasteiger partial charge < -0.3 is 0 Å². The molecular formula is C7H11N3. The van der Waals surface area contributed by atoms with Crippen molar-refractivity contribution in [2.45, 2.75) is 19.3 Å². The van der Waals surface area contributed by atoms with Crippen molar-refractivity contribution >= 4 is 0 Å². The van der Waals surface area contributed by atoms with Crippen LogP contribution in [0.2, 0.25) is 0 Å². The van der Waals surface area contributed by atoms with Crippen LogP contribution in [0.4, 0.5) is 0 Å². The molecule has 0 heterocycles. The molecule has 1 unspecified atom stereocenters. The van der Waals surface area contributed by atoms with E-state index >= 15 is 0 Å². The maximum atomic E-state index is 8.09. The first-order valence-corrected chi connectivity index (χ1v) is 3.92. The van der Waals surface area contributed by atoms with E-state index in [1.165, 1.54) is 19.3 Å². The van der Waals surface area contributed by atoms with Gasteiger partial charge in [-0.15, -0.1) is 0 Å². The number of nitrogens with zero attached hydrogens (tertiary/aromatic N) is 3. The molecule has 0 saturated heterocycles. The molecule has 0 aromatic heterocycles. The summed E-state index contributed by atoms with van der Waals surface area (Å²) < 4.78 is 0. The van der Waals surface area contributed by atoms with Crippen LogP contribution in [0, 0.1) is 17.8 Å². The second-order valence-electron chi connectivity index (χ2n) is 3.41. The summed E-state index contributed by atoms with van der Waals surface area (Å²) in [6, 6.07) is 0. The number of azide groups is 1. The van der Waals surface area contributed by atoms with Crippen LogP contribution in [-0.2, 0) is 0 Å². The second kappa shape index (κ2) is 2.17. The van der Waals surface area contributed by atoms with Crippen LogP contribution in [0.1, 0.15) is 19.3 Å². The van der Waals surface area contributed by atoms with Gasteiger partial charge in [-0.1, -0.05) is 5.11 Å². The van der Waals surface area contributed by atoms with Crippen LogP contribution in [-0.4, -0.2) is 6.54 Å². The van der Waals surface area contributed by atoms with Crippen molar-refractivity contribution in [3.05, 3.63) is 10.4 Å². The summed E-state index contributed by atoms with van der Waals surface area (Å²) in [5.41, 5.74) is 8.09. The third kappa shape index (κ3) is 0.706. The summed E-state index contributed by atoms with van der Waals surface area (Å²) in [4.78, 5) is 2.78. The van der Waals surface area contributed by atoms with E-state index in [2.05, 4.69) is 10.0 Å². The average Bonchev–Trinajstić information content (AvgIpc) is 2.46. The third-order valence-corrected chi connectivity index (χ3v) is 3.08. The summed E-state index contributed by atoms with van der Waals surface area (Å²) in [5.74, 6) is 2.59. The highest BCUT2D eigenvalue weighted by atomic mass is 15.1. The zero-order chi connectivity index (χ0) is 6.97. The minimum atomic E-state index is 0.756. The van der Waals surface area contributed by atoms with Gasteiger partial charge in [-0.2, -0.15) is 0 Å². The summed E-state index contributed by atoms with van der Waals surface area (Å²) in [7, 11) is 0. The van der Waals surface area contributed by atoms with Crippen LogP contribution in [0.5, 0.6) is 0 Å². The van der Waals surface area contributed by atoms with Crippen LogP contribution >= 0.6 is 0 Å². The standard InChI is InChI=1S/C7H11N3/c8-10-9-4-7-5-1-2-6(7)3-5/h5-7H,1-4H2/t5-,6+,7?. The monoisotopic (exact) mass is 137 g/mol. The van der Waals surface area contributed by atoms with E-state index in [4.69, 9.17) is 5.53 Å². The molecule has 0 aliphatic heterocycles. The van der Waals surface area contributed by atoms with E-state index < -0.39 is 0 Å². The molecule has 0 radical (unpaired) electrons. The molecule has 3 atom stereocenters. The van der Waals surface area contributed by atoms with Gasteiger partial charge in [0.25, 0.3) is 0 Å². The smallest absolute Gasteiger partial charge is 0.0291 e. The normalized spacial score (nSPS) is 42.2. The van der Waals surface area contributed by atoms with Gasteiger partial charge in [0.2, 0.25) is 0 Å². The molecular weight excluding hydrogens is 126 g/mol. The van der Waals surface area contributed by atoms with Crippen molar-refractivity contribution in [3.63, 3.8) is 0 Å². The third-order valence-electron chi connectivity index (χ3n) is 3.08. The predicted molar refractivity (Wildman–Crippen MR) is 38.3 cm³/mol. The van der Waals surface area contributed by atoms with Crippen molar-refractivity contribution < 1.29 is 0 Å². The minimum Gasteiger partial charge on any atom is -0.0937 e. The highest BCUT2D eigenvalue weighted by Gasteiger charge is 2.45. The minimum absolute atomic E-state index is 0.756. The van der Waals surface area contributed by atoms with Gasteiger partial charge in [-0.25, -0.2) is 0 Å². The lowest BCUT2D eigenvalue weighted by atomic mass is 9.72. The number of fused-ring (bicyclic) bond motifs is 1. The van der Waals surface area contributed by atoms with E-state index in [0.717, 1.165) is 24.3 Å². The Bertz CT molecular complexity index is 169. The van der Waals surface area contributed by atoms with Crippen molar-refractivity contribution in [1.29, 1.82) is 0 Å². The fourth-order valence-electron chi connectivity index (χ4n) is 2.45. The maximum Gasteiger partial charge on any atom is 0.0291 e. The largest absolute Gasteiger partial charge is 0.0937 e. The average molecular weight is 137 g/mol. The Balaban J connectivity index is 1.91. The van der Waals surface area contributed by atoms with Crippen molar-refractivity contribution in [2.24, 2.45) is 22.9 Å². The number of rotatable bonds is 2. The molecule has 3 heteroatoms. The SMILES string of the molecule is [N-]=[N+]=NCC1[C@@H]2CC[C@H]1C2. The van der Waals surface area contributed by atoms with Gasteiger partial charge in [-0.05, 0) is 42.5 Å². The summed E-state index contributed by atoms with van der Waals surface area (Å²) >= 11 is 0. The van der Waals surface area contributed by atoms with Gasteiger partial charge in [-0.3, -0.25) is 0 Å². The highest BCUT2D eigenvalue weighted by Crippen LogP contribution is 2.53. The van der Waals surface area contributed by atoms with Gasteiger partial charge in [0, 0.05) is 11.5 Å². The fraction of sp³-hybridized carbons (Fsp3) is 1.00. The Morgan fingerprint density at radius 1 is 1.40 bits per heavy atom. The predicted octanol–water partition coefficient (Wildman–Crippen LogP) is 2.34. The molecule has 10 heavy (non-hydrogen) atoms. The van der Waals surface area contributed by atoms with Crippen LogP contribution in [0.15, 0.2) is 5.11 Å². The second-order valence-corrected chi connectivity index (χ2v) is 3.41. The van der Waals surface area contributed by atoms with Gasteiger partial charge >= 0.3 is 0 Å². The molecule has 3 nitrogen and oxygen atoms in total. The zero-order valence-corrected chi connectivity index (χ0v) is 5.90. The van der Waals surface area contributed by atoms with E-state index in [0.29, 0.717) is 0 Å². The molecule has 0 spiro atoms. The van der Waals surface area contributed by atoms with E-state index in [1.54, 1.807) is 0 Å². The maximum absolute atomic E-state index is 8.09. The van der Waals surface area contributed by atoms with Crippen molar-refractivity contribution in [3.8, 4) is 0 Å².